The molecule has 1 heterocycles. The summed E-state index contributed by atoms with van der Waals surface area (Å²) in [7, 11) is 3.74. The van der Waals surface area contributed by atoms with Crippen molar-refractivity contribution in [3.63, 3.8) is 0 Å². The Kier molecular flexibility index (Phi) is 12.5. The van der Waals surface area contributed by atoms with Crippen LogP contribution in [0.3, 0.4) is 0 Å². The minimum atomic E-state index is 0. The molecule has 0 aliphatic carbocycles. The van der Waals surface area contributed by atoms with Gasteiger partial charge < -0.3 is 19.7 Å². The molecule has 1 N–H and O–H groups in total. The molecule has 0 spiro atoms. The summed E-state index contributed by atoms with van der Waals surface area (Å²) in [6.45, 7) is 11.0. The summed E-state index contributed by atoms with van der Waals surface area (Å²) in [5, 5.41) is 6.45. The zero-order valence-electron chi connectivity index (χ0n) is 18.8. The minimum absolute atomic E-state index is 0. The molecular formula is C22H35IN4O2S. The van der Waals surface area contributed by atoms with Crippen LogP contribution in [-0.4, -0.2) is 42.6 Å². The molecule has 2 aromatic rings. The highest BCUT2D eigenvalue weighted by Gasteiger charge is 2.12. The molecule has 0 radical (unpaired) electrons. The van der Waals surface area contributed by atoms with Gasteiger partial charge in [0.05, 0.1) is 31.5 Å². The SMILES string of the molecule is CCNC(=NCc1ccc(COC(C)C)cc1)N(C)Cc1csc(C(C)OC)n1.I. The van der Waals surface area contributed by atoms with E-state index in [0.717, 1.165) is 23.2 Å². The summed E-state index contributed by atoms with van der Waals surface area (Å²) in [5.41, 5.74) is 3.38. The molecule has 1 aromatic heterocycles. The van der Waals surface area contributed by atoms with E-state index in [2.05, 4.69) is 51.8 Å². The molecule has 0 aliphatic heterocycles. The van der Waals surface area contributed by atoms with E-state index in [9.17, 15) is 0 Å². The van der Waals surface area contributed by atoms with Gasteiger partial charge in [0.25, 0.3) is 0 Å². The number of aliphatic imine (C=N–C) groups is 1. The van der Waals surface area contributed by atoms with E-state index in [4.69, 9.17) is 14.5 Å². The first-order chi connectivity index (χ1) is 13.9. The third-order valence-corrected chi connectivity index (χ3v) is 5.44. The molecule has 8 heteroatoms. The van der Waals surface area contributed by atoms with Crippen LogP contribution in [0, 0.1) is 0 Å². The number of nitrogens with one attached hydrogen (secondary N) is 1. The first-order valence-electron chi connectivity index (χ1n) is 10.1. The van der Waals surface area contributed by atoms with Crippen molar-refractivity contribution in [2.45, 2.75) is 59.6 Å². The summed E-state index contributed by atoms with van der Waals surface area (Å²) in [4.78, 5) is 11.6. The van der Waals surface area contributed by atoms with Crippen LogP contribution in [0.1, 0.15) is 55.6 Å². The Morgan fingerprint density at radius 1 is 1.20 bits per heavy atom. The van der Waals surface area contributed by atoms with Crippen molar-refractivity contribution < 1.29 is 9.47 Å². The lowest BCUT2D eigenvalue weighted by Crippen LogP contribution is -2.38. The maximum absolute atomic E-state index is 5.65. The first kappa shape index (κ1) is 26.8. The molecule has 168 valence electrons. The molecule has 0 amide bonds. The third kappa shape index (κ3) is 8.87. The fraction of sp³-hybridized carbons (Fsp3) is 0.545. The highest BCUT2D eigenvalue weighted by molar-refractivity contribution is 14.0. The van der Waals surface area contributed by atoms with Gasteiger partial charge in [-0.05, 0) is 38.8 Å². The molecule has 30 heavy (non-hydrogen) atoms. The normalized spacial score (nSPS) is 12.6. The standard InChI is InChI=1S/C22H34N4O2S.HI/c1-7-23-22(26(5)13-20-15-29-21(25-20)17(4)27-6)24-12-18-8-10-19(11-9-18)14-28-16(2)3;/h8-11,15-17H,7,12-14H2,1-6H3,(H,23,24);1H. The Balaban J connectivity index is 0.00000450. The highest BCUT2D eigenvalue weighted by Crippen LogP contribution is 2.21. The van der Waals surface area contributed by atoms with E-state index in [1.54, 1.807) is 18.4 Å². The number of rotatable bonds is 10. The van der Waals surface area contributed by atoms with Crippen LogP contribution in [0.25, 0.3) is 0 Å². The van der Waals surface area contributed by atoms with Crippen molar-refractivity contribution in [1.29, 1.82) is 0 Å². The van der Waals surface area contributed by atoms with Crippen LogP contribution < -0.4 is 5.32 Å². The van der Waals surface area contributed by atoms with E-state index in [1.807, 2.05) is 27.8 Å². The Morgan fingerprint density at radius 2 is 1.87 bits per heavy atom. The van der Waals surface area contributed by atoms with Crippen LogP contribution in [0.15, 0.2) is 34.6 Å². The highest BCUT2D eigenvalue weighted by atomic mass is 127. The summed E-state index contributed by atoms with van der Waals surface area (Å²) in [5.74, 6) is 0.869. The summed E-state index contributed by atoms with van der Waals surface area (Å²) in [6, 6.07) is 8.45. The maximum atomic E-state index is 5.65. The number of hydrogen-bond donors (Lipinski definition) is 1. The Labute approximate surface area is 202 Å². The van der Waals surface area contributed by atoms with E-state index >= 15 is 0 Å². The Hall–Kier alpha value is -1.23. The number of nitrogens with zero attached hydrogens (tertiary/aromatic N) is 3. The number of methoxy groups -OCH3 is 1. The largest absolute Gasteiger partial charge is 0.375 e. The monoisotopic (exact) mass is 546 g/mol. The average molecular weight is 547 g/mol. The minimum Gasteiger partial charge on any atom is -0.375 e. The molecule has 0 aliphatic rings. The van der Waals surface area contributed by atoms with Crippen molar-refractivity contribution in [1.82, 2.24) is 15.2 Å². The van der Waals surface area contributed by atoms with Gasteiger partial charge in [-0.25, -0.2) is 9.98 Å². The molecule has 1 unspecified atom stereocenters. The summed E-state index contributed by atoms with van der Waals surface area (Å²) < 4.78 is 11.0. The number of benzene rings is 1. The lowest BCUT2D eigenvalue weighted by atomic mass is 10.1. The second kappa shape index (κ2) is 14.0. The molecule has 0 fully saturated rings. The van der Waals surface area contributed by atoms with Gasteiger partial charge in [-0.3, -0.25) is 0 Å². The number of halogens is 1. The molecule has 1 aromatic carbocycles. The zero-order valence-corrected chi connectivity index (χ0v) is 22.0. The maximum Gasteiger partial charge on any atom is 0.194 e. The van der Waals surface area contributed by atoms with Crippen LogP contribution in [0.5, 0.6) is 0 Å². The summed E-state index contributed by atoms with van der Waals surface area (Å²) in [6.07, 6.45) is 0.263. The van der Waals surface area contributed by atoms with Gasteiger partial charge in [-0.15, -0.1) is 35.3 Å². The molecule has 6 nitrogen and oxygen atoms in total. The first-order valence-corrected chi connectivity index (χ1v) is 11.0. The quantitative estimate of drug-likeness (QED) is 0.259. The predicted octanol–water partition coefficient (Wildman–Crippen LogP) is 4.99. The van der Waals surface area contributed by atoms with E-state index in [0.29, 0.717) is 19.7 Å². The van der Waals surface area contributed by atoms with Gasteiger partial charge in [0.1, 0.15) is 11.1 Å². The number of aromatic nitrogens is 1. The molecular weight excluding hydrogens is 511 g/mol. The smallest absolute Gasteiger partial charge is 0.194 e. The zero-order chi connectivity index (χ0) is 21.2. The topological polar surface area (TPSA) is 59.0 Å². The van der Waals surface area contributed by atoms with Gasteiger partial charge in [-0.1, -0.05) is 24.3 Å². The van der Waals surface area contributed by atoms with Crippen molar-refractivity contribution >= 4 is 41.3 Å². The van der Waals surface area contributed by atoms with E-state index in [1.165, 1.54) is 11.1 Å². The van der Waals surface area contributed by atoms with Crippen molar-refractivity contribution in [3.05, 3.63) is 51.5 Å². The van der Waals surface area contributed by atoms with E-state index < -0.39 is 0 Å². The molecule has 0 saturated carbocycles. The number of guanidine groups is 1. The lowest BCUT2D eigenvalue weighted by molar-refractivity contribution is 0.0657. The van der Waals surface area contributed by atoms with Crippen LogP contribution in [0.4, 0.5) is 0 Å². The molecule has 1 atom stereocenters. The van der Waals surface area contributed by atoms with Crippen molar-refractivity contribution in [3.8, 4) is 0 Å². The molecule has 0 saturated heterocycles. The van der Waals surface area contributed by atoms with Crippen LogP contribution >= 0.6 is 35.3 Å². The average Bonchev–Trinajstić information content (AvgIpc) is 3.18. The third-order valence-electron chi connectivity index (χ3n) is 4.38. The Morgan fingerprint density at radius 3 is 2.47 bits per heavy atom. The van der Waals surface area contributed by atoms with Gasteiger partial charge in [0, 0.05) is 26.1 Å². The van der Waals surface area contributed by atoms with Crippen LogP contribution in [0.2, 0.25) is 0 Å². The van der Waals surface area contributed by atoms with E-state index in [-0.39, 0.29) is 36.2 Å². The Bertz CT molecular complexity index is 765. The van der Waals surface area contributed by atoms with Gasteiger partial charge in [0.15, 0.2) is 5.96 Å². The van der Waals surface area contributed by atoms with Crippen LogP contribution in [-0.2, 0) is 29.2 Å². The fourth-order valence-corrected chi connectivity index (χ4v) is 3.48. The number of hydrogen-bond acceptors (Lipinski definition) is 5. The number of ether oxygens (including phenoxy) is 2. The fourth-order valence-electron chi connectivity index (χ4n) is 2.64. The lowest BCUT2D eigenvalue weighted by Gasteiger charge is -2.21. The van der Waals surface area contributed by atoms with Gasteiger partial charge >= 0.3 is 0 Å². The van der Waals surface area contributed by atoms with Gasteiger partial charge in [0.2, 0.25) is 0 Å². The van der Waals surface area contributed by atoms with Crippen molar-refractivity contribution in [2.75, 3.05) is 20.7 Å². The molecule has 2 rings (SSSR count). The summed E-state index contributed by atoms with van der Waals surface area (Å²) >= 11 is 1.63. The molecule has 0 bridgehead atoms. The van der Waals surface area contributed by atoms with Crippen molar-refractivity contribution in [2.24, 2.45) is 4.99 Å². The second-order valence-electron chi connectivity index (χ2n) is 7.26. The number of thiazole rings is 1. The second-order valence-corrected chi connectivity index (χ2v) is 8.15. The van der Waals surface area contributed by atoms with Gasteiger partial charge in [-0.2, -0.15) is 0 Å². The predicted molar refractivity (Wildman–Crippen MR) is 136 cm³/mol.